The first-order valence-corrected chi connectivity index (χ1v) is 5.99. The molecular formula is C15H11F2NO3. The number of rotatable bonds is 5. The van der Waals surface area contributed by atoms with Crippen LogP contribution in [0.2, 0.25) is 0 Å². The molecule has 2 rings (SSSR count). The van der Waals surface area contributed by atoms with E-state index >= 15 is 0 Å². The van der Waals surface area contributed by atoms with Crippen molar-refractivity contribution in [2.45, 2.75) is 0 Å². The van der Waals surface area contributed by atoms with Gasteiger partial charge in [-0.3, -0.25) is 9.59 Å². The summed E-state index contributed by atoms with van der Waals surface area (Å²) in [6.07, 6.45) is 0. The monoisotopic (exact) mass is 291 g/mol. The van der Waals surface area contributed by atoms with Crippen LogP contribution in [0.15, 0.2) is 42.5 Å². The summed E-state index contributed by atoms with van der Waals surface area (Å²) in [6, 6.07) is 8.97. The fourth-order valence-corrected chi connectivity index (χ4v) is 1.69. The number of carbonyl (C=O) groups is 2. The summed E-state index contributed by atoms with van der Waals surface area (Å²) in [4.78, 5) is 23.0. The number of ether oxygens (including phenoxy) is 1. The maximum atomic E-state index is 13.0. The molecule has 0 fully saturated rings. The number of nitrogens with two attached hydrogens (primary N) is 1. The number of primary amides is 1. The van der Waals surface area contributed by atoms with Gasteiger partial charge in [-0.15, -0.1) is 0 Å². The normalized spacial score (nSPS) is 10.2. The van der Waals surface area contributed by atoms with Crippen LogP contribution in [-0.2, 0) is 0 Å². The van der Waals surface area contributed by atoms with E-state index in [0.717, 1.165) is 18.2 Å². The van der Waals surface area contributed by atoms with Gasteiger partial charge in [-0.1, -0.05) is 12.1 Å². The highest BCUT2D eigenvalue weighted by atomic mass is 19.2. The van der Waals surface area contributed by atoms with Crippen LogP contribution in [0.25, 0.3) is 0 Å². The molecule has 0 radical (unpaired) electrons. The lowest BCUT2D eigenvalue weighted by Gasteiger charge is -2.08. The molecule has 0 unspecified atom stereocenters. The van der Waals surface area contributed by atoms with E-state index in [0.29, 0.717) is 0 Å². The molecule has 2 aromatic carbocycles. The van der Waals surface area contributed by atoms with Gasteiger partial charge in [0, 0.05) is 5.56 Å². The molecule has 4 nitrogen and oxygen atoms in total. The van der Waals surface area contributed by atoms with Gasteiger partial charge in [-0.2, -0.15) is 0 Å². The molecule has 108 valence electrons. The highest BCUT2D eigenvalue weighted by Crippen LogP contribution is 2.18. The van der Waals surface area contributed by atoms with Crippen molar-refractivity contribution in [3.63, 3.8) is 0 Å². The van der Waals surface area contributed by atoms with E-state index in [1.54, 1.807) is 12.1 Å². The molecule has 0 aliphatic carbocycles. The number of halogens is 2. The smallest absolute Gasteiger partial charge is 0.252 e. The molecule has 0 aliphatic rings. The number of benzene rings is 2. The van der Waals surface area contributed by atoms with Gasteiger partial charge in [0.15, 0.2) is 24.0 Å². The van der Waals surface area contributed by atoms with Crippen molar-refractivity contribution in [1.82, 2.24) is 0 Å². The lowest BCUT2D eigenvalue weighted by molar-refractivity contribution is 0.0911. The average Bonchev–Trinajstić information content (AvgIpc) is 2.47. The van der Waals surface area contributed by atoms with Crippen molar-refractivity contribution in [3.8, 4) is 5.75 Å². The van der Waals surface area contributed by atoms with Crippen molar-refractivity contribution >= 4 is 11.7 Å². The zero-order valence-electron chi connectivity index (χ0n) is 10.8. The SMILES string of the molecule is NC(=O)c1ccccc1OCC(=O)c1ccc(F)c(F)c1. The predicted octanol–water partition coefficient (Wildman–Crippen LogP) is 2.33. The zero-order valence-corrected chi connectivity index (χ0v) is 10.8. The minimum Gasteiger partial charge on any atom is -0.485 e. The first-order chi connectivity index (χ1) is 9.99. The fourth-order valence-electron chi connectivity index (χ4n) is 1.69. The summed E-state index contributed by atoms with van der Waals surface area (Å²) in [5, 5.41) is 0. The summed E-state index contributed by atoms with van der Waals surface area (Å²) < 4.78 is 31.0. The summed E-state index contributed by atoms with van der Waals surface area (Å²) in [5.74, 6) is -3.23. The van der Waals surface area contributed by atoms with E-state index < -0.39 is 29.9 Å². The second-order valence-corrected chi connectivity index (χ2v) is 4.20. The van der Waals surface area contributed by atoms with Crippen molar-refractivity contribution in [2.75, 3.05) is 6.61 Å². The van der Waals surface area contributed by atoms with Crippen molar-refractivity contribution in [3.05, 3.63) is 65.2 Å². The molecule has 0 saturated heterocycles. The molecule has 0 atom stereocenters. The van der Waals surface area contributed by atoms with Crippen LogP contribution >= 0.6 is 0 Å². The van der Waals surface area contributed by atoms with Crippen molar-refractivity contribution < 1.29 is 23.1 Å². The number of Topliss-reactive ketones (excluding diaryl/α,β-unsaturated/α-hetero) is 1. The van der Waals surface area contributed by atoms with E-state index in [-0.39, 0.29) is 16.9 Å². The third-order valence-electron chi connectivity index (χ3n) is 2.75. The van der Waals surface area contributed by atoms with Crippen molar-refractivity contribution in [2.24, 2.45) is 5.73 Å². The molecule has 1 amide bonds. The van der Waals surface area contributed by atoms with E-state index in [4.69, 9.17) is 10.5 Å². The molecular weight excluding hydrogens is 280 g/mol. The highest BCUT2D eigenvalue weighted by Gasteiger charge is 2.13. The molecule has 0 spiro atoms. The second-order valence-electron chi connectivity index (χ2n) is 4.20. The Kier molecular flexibility index (Phi) is 4.27. The van der Waals surface area contributed by atoms with Crippen LogP contribution in [0.5, 0.6) is 5.75 Å². The van der Waals surface area contributed by atoms with Gasteiger partial charge in [0.05, 0.1) is 5.56 Å². The van der Waals surface area contributed by atoms with Gasteiger partial charge in [0.1, 0.15) is 5.75 Å². The summed E-state index contributed by atoms with van der Waals surface area (Å²) in [7, 11) is 0. The third kappa shape index (κ3) is 3.42. The first kappa shape index (κ1) is 14.6. The summed E-state index contributed by atoms with van der Waals surface area (Å²) >= 11 is 0. The zero-order chi connectivity index (χ0) is 15.4. The maximum absolute atomic E-state index is 13.0. The van der Waals surface area contributed by atoms with Gasteiger partial charge in [0.25, 0.3) is 5.91 Å². The van der Waals surface area contributed by atoms with Gasteiger partial charge in [-0.25, -0.2) is 8.78 Å². The van der Waals surface area contributed by atoms with Crippen LogP contribution in [0.1, 0.15) is 20.7 Å². The Balaban J connectivity index is 2.11. The van der Waals surface area contributed by atoms with E-state index in [2.05, 4.69) is 0 Å². The van der Waals surface area contributed by atoms with Crippen molar-refractivity contribution in [1.29, 1.82) is 0 Å². The largest absolute Gasteiger partial charge is 0.485 e. The van der Waals surface area contributed by atoms with Gasteiger partial charge in [-0.05, 0) is 30.3 Å². The fraction of sp³-hybridized carbons (Fsp3) is 0.0667. The maximum Gasteiger partial charge on any atom is 0.252 e. The Morgan fingerprint density at radius 2 is 1.76 bits per heavy atom. The van der Waals surface area contributed by atoms with Crippen LogP contribution < -0.4 is 10.5 Å². The van der Waals surface area contributed by atoms with E-state index in [1.165, 1.54) is 12.1 Å². The topological polar surface area (TPSA) is 69.4 Å². The Morgan fingerprint density at radius 3 is 2.43 bits per heavy atom. The van der Waals surface area contributed by atoms with Gasteiger partial charge < -0.3 is 10.5 Å². The lowest BCUT2D eigenvalue weighted by atomic mass is 10.1. The van der Waals surface area contributed by atoms with Crippen LogP contribution in [0.4, 0.5) is 8.78 Å². The average molecular weight is 291 g/mol. The highest BCUT2D eigenvalue weighted by molar-refractivity contribution is 5.98. The first-order valence-electron chi connectivity index (χ1n) is 5.99. The number of ketones is 1. The third-order valence-corrected chi connectivity index (χ3v) is 2.75. The molecule has 0 aliphatic heterocycles. The molecule has 0 heterocycles. The lowest BCUT2D eigenvalue weighted by Crippen LogP contribution is -2.16. The number of hydrogen-bond acceptors (Lipinski definition) is 3. The minimum atomic E-state index is -1.11. The number of amides is 1. The quantitative estimate of drug-likeness (QED) is 0.859. The molecule has 0 saturated carbocycles. The Bertz CT molecular complexity index is 701. The molecule has 2 N–H and O–H groups in total. The van der Waals surface area contributed by atoms with Crippen LogP contribution in [0.3, 0.4) is 0 Å². The summed E-state index contributed by atoms with van der Waals surface area (Å²) in [5.41, 5.74) is 5.29. The molecule has 0 bridgehead atoms. The summed E-state index contributed by atoms with van der Waals surface area (Å²) in [6.45, 7) is -0.421. The Labute approximate surface area is 119 Å². The molecule has 0 aromatic heterocycles. The van der Waals surface area contributed by atoms with E-state index in [9.17, 15) is 18.4 Å². The number of para-hydroxylation sites is 1. The second kappa shape index (κ2) is 6.13. The Hall–Kier alpha value is -2.76. The number of carbonyl (C=O) groups excluding carboxylic acids is 2. The van der Waals surface area contributed by atoms with E-state index in [1.807, 2.05) is 0 Å². The minimum absolute atomic E-state index is 0.0227. The predicted molar refractivity (Wildman–Crippen MR) is 71.1 cm³/mol. The molecule has 2 aromatic rings. The molecule has 21 heavy (non-hydrogen) atoms. The van der Waals surface area contributed by atoms with Crippen LogP contribution in [0, 0.1) is 11.6 Å². The van der Waals surface area contributed by atoms with Gasteiger partial charge >= 0.3 is 0 Å². The Morgan fingerprint density at radius 1 is 1.05 bits per heavy atom. The molecule has 6 heteroatoms. The standard InChI is InChI=1S/C15H11F2NO3/c16-11-6-5-9(7-12(11)17)13(19)8-21-14-4-2-1-3-10(14)15(18)20/h1-7H,8H2,(H2,18,20). The van der Waals surface area contributed by atoms with Gasteiger partial charge in [0.2, 0.25) is 0 Å². The van der Waals surface area contributed by atoms with Crippen LogP contribution in [-0.4, -0.2) is 18.3 Å². The number of hydrogen-bond donors (Lipinski definition) is 1.